The van der Waals surface area contributed by atoms with Gasteiger partial charge in [0.15, 0.2) is 0 Å². The van der Waals surface area contributed by atoms with Crippen LogP contribution in [0.15, 0.2) is 0 Å². The minimum Gasteiger partial charge on any atom is -0.374 e. The second kappa shape index (κ2) is 5.05. The number of ether oxygens (including phenoxy) is 1. The summed E-state index contributed by atoms with van der Waals surface area (Å²) < 4.78 is 5.50. The Morgan fingerprint density at radius 2 is 2.18 bits per heavy atom. The molecule has 0 aliphatic heterocycles. The summed E-state index contributed by atoms with van der Waals surface area (Å²) in [7, 11) is 0. The molecule has 1 saturated carbocycles. The highest BCUT2D eigenvalue weighted by Gasteiger charge is 2.49. The molecule has 17 heavy (non-hydrogen) atoms. The Morgan fingerprint density at radius 3 is 2.59 bits per heavy atom. The van der Waals surface area contributed by atoms with E-state index in [9.17, 15) is 4.79 Å². The monoisotopic (exact) mass is 238 g/mol. The lowest BCUT2D eigenvalue weighted by atomic mass is 9.63. The lowest BCUT2D eigenvalue weighted by Crippen LogP contribution is -2.51. The van der Waals surface area contributed by atoms with Gasteiger partial charge in [-0.05, 0) is 39.5 Å². The van der Waals surface area contributed by atoms with Crippen LogP contribution in [-0.2, 0) is 9.53 Å². The van der Waals surface area contributed by atoms with Crippen molar-refractivity contribution in [3.8, 4) is 6.07 Å². The Labute approximate surface area is 103 Å². The van der Waals surface area contributed by atoms with Gasteiger partial charge in [0.05, 0.1) is 11.7 Å². The van der Waals surface area contributed by atoms with Crippen LogP contribution < -0.4 is 5.32 Å². The lowest BCUT2D eigenvalue weighted by molar-refractivity contribution is -0.135. The molecule has 0 heterocycles. The maximum atomic E-state index is 12.0. The minimum atomic E-state index is -0.790. The molecule has 0 aromatic carbocycles. The second-order valence-corrected chi connectivity index (χ2v) is 5.58. The average molecular weight is 238 g/mol. The lowest BCUT2D eigenvalue weighted by Gasteiger charge is -2.39. The van der Waals surface area contributed by atoms with E-state index in [-0.39, 0.29) is 11.5 Å². The number of rotatable bonds is 5. The first-order valence-corrected chi connectivity index (χ1v) is 6.19. The summed E-state index contributed by atoms with van der Waals surface area (Å²) in [5.74, 6) is 0.325. The standard InChI is InChI=1S/C13H22N2O2/c1-5-17-12(3,4)9-15-11(16)13(8-14)6-10(2)7-13/h10H,5-7,9H2,1-4H3,(H,15,16). The molecule has 96 valence electrons. The fourth-order valence-electron chi connectivity index (χ4n) is 2.36. The second-order valence-electron chi connectivity index (χ2n) is 5.58. The van der Waals surface area contributed by atoms with Crippen molar-refractivity contribution in [1.82, 2.24) is 5.32 Å². The van der Waals surface area contributed by atoms with Crippen LogP contribution in [0.5, 0.6) is 0 Å². The molecule has 1 rings (SSSR count). The molecule has 0 spiro atoms. The molecule has 0 bridgehead atoms. The summed E-state index contributed by atoms with van der Waals surface area (Å²) in [6, 6.07) is 2.16. The van der Waals surface area contributed by atoms with Gasteiger partial charge in [0, 0.05) is 13.2 Å². The van der Waals surface area contributed by atoms with Crippen LogP contribution >= 0.6 is 0 Å². The van der Waals surface area contributed by atoms with Gasteiger partial charge < -0.3 is 10.1 Å². The molecule has 0 atom stereocenters. The van der Waals surface area contributed by atoms with Gasteiger partial charge in [0.25, 0.3) is 0 Å². The summed E-state index contributed by atoms with van der Waals surface area (Å²) in [5, 5.41) is 12.0. The van der Waals surface area contributed by atoms with Crippen LogP contribution in [-0.4, -0.2) is 24.7 Å². The van der Waals surface area contributed by atoms with Crippen LogP contribution in [0.3, 0.4) is 0 Å². The molecule has 1 amide bonds. The van der Waals surface area contributed by atoms with E-state index in [4.69, 9.17) is 10.00 Å². The van der Waals surface area contributed by atoms with Gasteiger partial charge in [-0.15, -0.1) is 0 Å². The van der Waals surface area contributed by atoms with Crippen LogP contribution in [0.2, 0.25) is 0 Å². The highest BCUT2D eigenvalue weighted by Crippen LogP contribution is 2.45. The normalized spacial score (nSPS) is 28.1. The molecule has 4 heteroatoms. The third kappa shape index (κ3) is 3.19. The predicted octanol–water partition coefficient (Wildman–Crippen LogP) is 1.86. The topological polar surface area (TPSA) is 62.1 Å². The fraction of sp³-hybridized carbons (Fsp3) is 0.846. The number of hydrogen-bond donors (Lipinski definition) is 1. The Hall–Kier alpha value is -1.08. The maximum Gasteiger partial charge on any atom is 0.240 e. The van der Waals surface area contributed by atoms with Crippen molar-refractivity contribution < 1.29 is 9.53 Å². The van der Waals surface area contributed by atoms with Gasteiger partial charge in [0.1, 0.15) is 5.41 Å². The fourth-order valence-corrected chi connectivity index (χ4v) is 2.36. The molecule has 4 nitrogen and oxygen atoms in total. The maximum absolute atomic E-state index is 12.0. The van der Waals surface area contributed by atoms with E-state index in [0.29, 0.717) is 31.9 Å². The van der Waals surface area contributed by atoms with Gasteiger partial charge in [-0.25, -0.2) is 0 Å². The molecule has 1 fully saturated rings. The average Bonchev–Trinajstić information content (AvgIpc) is 2.21. The summed E-state index contributed by atoms with van der Waals surface area (Å²) in [4.78, 5) is 12.0. The van der Waals surface area contributed by atoms with E-state index in [1.54, 1.807) is 0 Å². The molecule has 1 N–H and O–H groups in total. The number of nitrogens with zero attached hydrogens (tertiary/aromatic N) is 1. The molecular weight excluding hydrogens is 216 g/mol. The van der Waals surface area contributed by atoms with E-state index in [0.717, 1.165) is 0 Å². The SMILES string of the molecule is CCOC(C)(C)CNC(=O)C1(C#N)CC(C)C1. The first-order valence-electron chi connectivity index (χ1n) is 6.19. The molecule has 1 aliphatic carbocycles. The highest BCUT2D eigenvalue weighted by atomic mass is 16.5. The molecular formula is C13H22N2O2. The molecule has 1 aliphatic rings. The van der Waals surface area contributed by atoms with Crippen molar-refractivity contribution in [1.29, 1.82) is 5.26 Å². The molecule has 0 aromatic rings. The van der Waals surface area contributed by atoms with Crippen molar-refractivity contribution in [2.75, 3.05) is 13.2 Å². The van der Waals surface area contributed by atoms with Crippen LogP contribution in [0.25, 0.3) is 0 Å². The largest absolute Gasteiger partial charge is 0.374 e. The first kappa shape index (κ1) is 14.0. The summed E-state index contributed by atoms with van der Waals surface area (Å²) in [6.07, 6.45) is 1.34. The van der Waals surface area contributed by atoms with Crippen LogP contribution in [0.4, 0.5) is 0 Å². The zero-order valence-electron chi connectivity index (χ0n) is 11.2. The van der Waals surface area contributed by atoms with E-state index >= 15 is 0 Å². The van der Waals surface area contributed by atoms with Gasteiger partial charge in [0.2, 0.25) is 5.91 Å². The minimum absolute atomic E-state index is 0.147. The predicted molar refractivity (Wildman–Crippen MR) is 65.2 cm³/mol. The Morgan fingerprint density at radius 1 is 1.59 bits per heavy atom. The number of hydrogen-bond acceptors (Lipinski definition) is 3. The van der Waals surface area contributed by atoms with Crippen LogP contribution in [0.1, 0.15) is 40.5 Å². The van der Waals surface area contributed by atoms with Crippen molar-refractivity contribution in [2.24, 2.45) is 11.3 Å². The Kier molecular flexibility index (Phi) is 4.16. The molecule has 0 radical (unpaired) electrons. The Bertz CT molecular complexity index is 325. The summed E-state index contributed by atoms with van der Waals surface area (Å²) >= 11 is 0. The quantitative estimate of drug-likeness (QED) is 0.795. The number of carbonyl (C=O) groups excluding carboxylic acids is 1. The van der Waals surface area contributed by atoms with Gasteiger partial charge in [-0.3, -0.25) is 4.79 Å². The summed E-state index contributed by atoms with van der Waals surface area (Å²) in [6.45, 7) is 8.90. The van der Waals surface area contributed by atoms with E-state index in [2.05, 4.69) is 18.3 Å². The number of nitriles is 1. The van der Waals surface area contributed by atoms with Crippen molar-refractivity contribution >= 4 is 5.91 Å². The third-order valence-corrected chi connectivity index (χ3v) is 3.25. The first-order chi connectivity index (χ1) is 7.85. The van der Waals surface area contributed by atoms with E-state index < -0.39 is 5.41 Å². The van der Waals surface area contributed by atoms with Crippen molar-refractivity contribution in [3.63, 3.8) is 0 Å². The van der Waals surface area contributed by atoms with E-state index in [1.165, 1.54) is 0 Å². The van der Waals surface area contributed by atoms with Gasteiger partial charge in [-0.1, -0.05) is 6.92 Å². The van der Waals surface area contributed by atoms with Gasteiger partial charge in [-0.2, -0.15) is 5.26 Å². The number of carbonyl (C=O) groups is 1. The Balaban J connectivity index is 2.48. The highest BCUT2D eigenvalue weighted by molar-refractivity contribution is 5.86. The zero-order chi connectivity index (χ0) is 13.1. The summed E-state index contributed by atoms with van der Waals surface area (Å²) in [5.41, 5.74) is -1.17. The third-order valence-electron chi connectivity index (χ3n) is 3.25. The smallest absolute Gasteiger partial charge is 0.240 e. The molecule has 0 saturated heterocycles. The van der Waals surface area contributed by atoms with E-state index in [1.807, 2.05) is 20.8 Å². The van der Waals surface area contributed by atoms with Gasteiger partial charge >= 0.3 is 0 Å². The zero-order valence-corrected chi connectivity index (χ0v) is 11.2. The number of amides is 1. The number of nitrogens with one attached hydrogen (secondary N) is 1. The van der Waals surface area contributed by atoms with Crippen LogP contribution in [0, 0.1) is 22.7 Å². The molecule has 0 aromatic heterocycles. The van der Waals surface area contributed by atoms with Crippen molar-refractivity contribution in [3.05, 3.63) is 0 Å². The van der Waals surface area contributed by atoms with Crippen molar-refractivity contribution in [2.45, 2.75) is 46.1 Å². The molecule has 0 unspecified atom stereocenters.